The van der Waals surface area contributed by atoms with Crippen molar-refractivity contribution in [3.63, 3.8) is 0 Å². The van der Waals surface area contributed by atoms with Gasteiger partial charge in [-0.15, -0.1) is 11.3 Å². The van der Waals surface area contributed by atoms with Gasteiger partial charge in [-0.25, -0.2) is 4.98 Å². The van der Waals surface area contributed by atoms with E-state index in [0.29, 0.717) is 5.82 Å². The molecule has 0 amide bonds. The maximum absolute atomic E-state index is 13.2. The second kappa shape index (κ2) is 6.97. The predicted octanol–water partition coefficient (Wildman–Crippen LogP) is 2.49. The van der Waals surface area contributed by atoms with Crippen LogP contribution in [0.25, 0.3) is 15.9 Å². The average Bonchev–Trinajstić information content (AvgIpc) is 3.02. The van der Waals surface area contributed by atoms with Crippen LogP contribution in [0.2, 0.25) is 6.82 Å². The lowest BCUT2D eigenvalue weighted by Gasteiger charge is -2.14. The highest BCUT2D eigenvalue weighted by Gasteiger charge is 2.22. The van der Waals surface area contributed by atoms with E-state index in [1.54, 1.807) is 24.4 Å². The van der Waals surface area contributed by atoms with Gasteiger partial charge < -0.3 is 5.02 Å². The lowest BCUT2D eigenvalue weighted by atomic mass is 9.62. The first-order valence-corrected chi connectivity index (χ1v) is 10.1. The molecule has 5 nitrogen and oxygen atoms in total. The number of aromatic nitrogens is 3. The Morgan fingerprint density at radius 2 is 2.15 bits per heavy atom. The minimum atomic E-state index is -0.605. The number of hydrogen-bond donors (Lipinski definition) is 1. The molecule has 1 N–H and O–H groups in total. The summed E-state index contributed by atoms with van der Waals surface area (Å²) in [6.45, 7) is 3.21. The minimum absolute atomic E-state index is 0.102. The summed E-state index contributed by atoms with van der Waals surface area (Å²) in [5.74, 6) is 0.545. The molecular weight excluding hydrogens is 345 g/mol. The summed E-state index contributed by atoms with van der Waals surface area (Å²) < 4.78 is 2.19. The third-order valence-corrected chi connectivity index (χ3v) is 6.42. The van der Waals surface area contributed by atoms with Crippen LogP contribution >= 0.6 is 11.3 Å². The summed E-state index contributed by atoms with van der Waals surface area (Å²) in [6.07, 6.45) is 9.60. The van der Waals surface area contributed by atoms with Crippen molar-refractivity contribution >= 4 is 33.8 Å². The van der Waals surface area contributed by atoms with E-state index >= 15 is 0 Å². The van der Waals surface area contributed by atoms with E-state index in [0.717, 1.165) is 46.8 Å². The summed E-state index contributed by atoms with van der Waals surface area (Å²) in [6, 6.07) is 1.83. The second-order valence-corrected chi connectivity index (χ2v) is 8.05. The fraction of sp³-hybridized carbons (Fsp3) is 0.421. The van der Waals surface area contributed by atoms with Crippen molar-refractivity contribution in [3.05, 3.63) is 44.8 Å². The molecule has 0 fully saturated rings. The van der Waals surface area contributed by atoms with Crippen molar-refractivity contribution in [2.45, 2.75) is 52.3 Å². The molecule has 7 heteroatoms. The number of nitrogens with zero attached hydrogens (tertiary/aromatic N) is 3. The van der Waals surface area contributed by atoms with Gasteiger partial charge >= 0.3 is 6.92 Å². The van der Waals surface area contributed by atoms with E-state index < -0.39 is 6.92 Å². The van der Waals surface area contributed by atoms with Crippen LogP contribution in [-0.4, -0.2) is 26.7 Å². The summed E-state index contributed by atoms with van der Waals surface area (Å²) in [7, 11) is 0. The number of aryl methyl sites for hydroxylation is 2. The quantitative estimate of drug-likeness (QED) is 0.720. The fourth-order valence-corrected chi connectivity index (χ4v) is 5.16. The van der Waals surface area contributed by atoms with Crippen molar-refractivity contribution in [3.8, 4) is 5.82 Å². The first-order chi connectivity index (χ1) is 12.6. The van der Waals surface area contributed by atoms with Crippen molar-refractivity contribution in [1.82, 2.24) is 14.8 Å². The SMILES string of the molecule is CCCc1c(B(C)O)ccnc1-n1ncc2c3c(sc2c1=O)CCCC3. The Balaban J connectivity index is 1.94. The number of fused-ring (bicyclic) bond motifs is 3. The Morgan fingerprint density at radius 1 is 1.35 bits per heavy atom. The maximum atomic E-state index is 13.2. The molecule has 26 heavy (non-hydrogen) atoms. The fourth-order valence-electron chi connectivity index (χ4n) is 3.88. The van der Waals surface area contributed by atoms with Gasteiger partial charge in [-0.3, -0.25) is 4.79 Å². The summed E-state index contributed by atoms with van der Waals surface area (Å²) in [5.41, 5.74) is 2.93. The van der Waals surface area contributed by atoms with Gasteiger partial charge in [0.05, 0.1) is 6.20 Å². The molecular formula is C19H22BN3O2S. The molecule has 4 rings (SSSR count). The van der Waals surface area contributed by atoms with Crippen molar-refractivity contribution < 1.29 is 5.02 Å². The average molecular weight is 367 g/mol. The normalized spacial score (nSPS) is 13.8. The van der Waals surface area contributed by atoms with Crippen LogP contribution < -0.4 is 11.0 Å². The molecule has 3 aromatic rings. The Kier molecular flexibility index (Phi) is 4.67. The molecule has 134 valence electrons. The molecule has 0 radical (unpaired) electrons. The van der Waals surface area contributed by atoms with Crippen LogP contribution in [0.4, 0.5) is 0 Å². The maximum Gasteiger partial charge on any atom is 0.320 e. The molecule has 0 aliphatic heterocycles. The number of pyridine rings is 1. The Hall–Kier alpha value is -1.99. The monoisotopic (exact) mass is 367 g/mol. The van der Waals surface area contributed by atoms with Gasteiger partial charge in [0.25, 0.3) is 5.56 Å². The molecule has 0 bridgehead atoms. The van der Waals surface area contributed by atoms with Crippen LogP contribution in [0.1, 0.15) is 42.2 Å². The highest BCUT2D eigenvalue weighted by Crippen LogP contribution is 2.34. The van der Waals surface area contributed by atoms with Gasteiger partial charge in [0.1, 0.15) is 4.70 Å². The third kappa shape index (κ3) is 2.79. The van der Waals surface area contributed by atoms with Crippen molar-refractivity contribution in [2.24, 2.45) is 0 Å². The first-order valence-electron chi connectivity index (χ1n) is 9.30. The van der Waals surface area contributed by atoms with Crippen LogP contribution in [0.3, 0.4) is 0 Å². The van der Waals surface area contributed by atoms with E-state index in [2.05, 4.69) is 17.0 Å². The van der Waals surface area contributed by atoms with E-state index in [1.807, 2.05) is 12.3 Å². The lowest BCUT2D eigenvalue weighted by molar-refractivity contribution is 0.593. The molecule has 1 aliphatic rings. The number of thiophene rings is 1. The van der Waals surface area contributed by atoms with E-state index in [9.17, 15) is 9.82 Å². The number of rotatable bonds is 4. The van der Waals surface area contributed by atoms with Gasteiger partial charge in [-0.2, -0.15) is 9.78 Å². The van der Waals surface area contributed by atoms with Crippen molar-refractivity contribution in [2.75, 3.05) is 0 Å². The second-order valence-electron chi connectivity index (χ2n) is 6.94. The van der Waals surface area contributed by atoms with Crippen LogP contribution in [0.15, 0.2) is 23.3 Å². The molecule has 0 spiro atoms. The van der Waals surface area contributed by atoms with Gasteiger partial charge in [0.15, 0.2) is 5.82 Å². The molecule has 0 aromatic carbocycles. The zero-order valence-electron chi connectivity index (χ0n) is 15.2. The van der Waals surface area contributed by atoms with Crippen molar-refractivity contribution in [1.29, 1.82) is 0 Å². The standard InChI is InChI=1S/C19H22BN3O2S/c1-3-6-13-15(20(2)25)9-10-21-18(13)23-19(24)17-14(11-22-23)12-7-4-5-8-16(12)26-17/h9-11,25H,3-8H2,1-2H3. The van der Waals surface area contributed by atoms with Gasteiger partial charge in [-0.1, -0.05) is 20.2 Å². The van der Waals surface area contributed by atoms with E-state index in [-0.39, 0.29) is 5.56 Å². The van der Waals surface area contributed by atoms with Gasteiger partial charge in [-0.05, 0) is 54.8 Å². The molecule has 0 unspecified atom stereocenters. The summed E-state index contributed by atoms with van der Waals surface area (Å²) in [4.78, 5) is 19.0. The van der Waals surface area contributed by atoms with Gasteiger partial charge in [0, 0.05) is 16.5 Å². The molecule has 0 saturated heterocycles. The molecule has 0 saturated carbocycles. The predicted molar refractivity (Wildman–Crippen MR) is 107 cm³/mol. The highest BCUT2D eigenvalue weighted by molar-refractivity contribution is 7.19. The smallest absolute Gasteiger partial charge is 0.320 e. The number of hydrogen-bond acceptors (Lipinski definition) is 5. The van der Waals surface area contributed by atoms with Crippen LogP contribution in [0, 0.1) is 0 Å². The Morgan fingerprint density at radius 3 is 2.92 bits per heavy atom. The molecule has 3 heterocycles. The molecule has 0 atom stereocenters. The minimum Gasteiger partial charge on any atom is -0.446 e. The van der Waals surface area contributed by atoms with Gasteiger partial charge in [0.2, 0.25) is 0 Å². The Labute approximate surface area is 156 Å². The summed E-state index contributed by atoms with van der Waals surface area (Å²) >= 11 is 1.61. The van der Waals surface area contributed by atoms with E-state index in [4.69, 9.17) is 0 Å². The Bertz CT molecular complexity index is 1030. The third-order valence-electron chi connectivity index (χ3n) is 5.12. The van der Waals surface area contributed by atoms with E-state index in [1.165, 1.54) is 28.0 Å². The van der Waals surface area contributed by atoms with Crippen LogP contribution in [-0.2, 0) is 19.3 Å². The summed E-state index contributed by atoms with van der Waals surface area (Å²) in [5, 5.41) is 15.6. The molecule has 1 aliphatic carbocycles. The zero-order chi connectivity index (χ0) is 18.3. The zero-order valence-corrected chi connectivity index (χ0v) is 16.0. The van der Waals surface area contributed by atoms with Crippen LogP contribution in [0.5, 0.6) is 0 Å². The topological polar surface area (TPSA) is 68.0 Å². The first kappa shape index (κ1) is 17.4. The largest absolute Gasteiger partial charge is 0.446 e. The lowest BCUT2D eigenvalue weighted by Crippen LogP contribution is -2.33. The highest BCUT2D eigenvalue weighted by atomic mass is 32.1. The molecule has 3 aromatic heterocycles.